The average Bonchev–Trinajstić information content (AvgIpc) is 3.00. The molecule has 1 aliphatic rings. The van der Waals surface area contributed by atoms with Gasteiger partial charge in [-0.15, -0.1) is 0 Å². The van der Waals surface area contributed by atoms with Crippen molar-refractivity contribution in [2.24, 2.45) is 0 Å². The van der Waals surface area contributed by atoms with E-state index in [1.54, 1.807) is 0 Å². The Bertz CT molecular complexity index is 1710. The summed E-state index contributed by atoms with van der Waals surface area (Å²) in [6.45, 7) is 0. The smallest absolute Gasteiger partial charge is 0.285 e. The highest BCUT2D eigenvalue weighted by Gasteiger charge is 2.44. The first-order valence-electron chi connectivity index (χ1n) is 12.7. The quantitative estimate of drug-likeness (QED) is 0.151. The summed E-state index contributed by atoms with van der Waals surface area (Å²) in [7, 11) is -1.32. The lowest BCUT2D eigenvalue weighted by molar-refractivity contribution is 0.0980. The fourth-order valence-corrected chi connectivity index (χ4v) is 8.33. The minimum Gasteiger partial charge on any atom is -0.480 e. The maximum Gasteiger partial charge on any atom is 0.285 e. The van der Waals surface area contributed by atoms with E-state index in [1.165, 1.54) is 0 Å². The number of rotatable bonds is 7. The van der Waals surface area contributed by atoms with Crippen molar-refractivity contribution >= 4 is 27.9 Å². The molecule has 3 atom stereocenters. The number of carbonyl (C=O) groups is 1. The van der Waals surface area contributed by atoms with Crippen LogP contribution in [0.3, 0.4) is 0 Å². The number of Topliss-reactive ketones (excluding diaryl/α,β-unsaturated/α-hetero) is 1. The second-order valence-corrected chi connectivity index (χ2v) is 12.1. The van der Waals surface area contributed by atoms with Crippen molar-refractivity contribution in [2.45, 2.75) is 12.1 Å². The second kappa shape index (κ2) is 10.7. The van der Waals surface area contributed by atoms with E-state index in [2.05, 4.69) is 9.47 Å². The fourth-order valence-electron chi connectivity index (χ4n) is 5.32. The van der Waals surface area contributed by atoms with Gasteiger partial charge in [0.2, 0.25) is 0 Å². The first kappa shape index (κ1) is 25.3. The van der Waals surface area contributed by atoms with Crippen molar-refractivity contribution in [1.29, 1.82) is 0 Å². The van der Waals surface area contributed by atoms with Gasteiger partial charge in [-0.2, -0.15) is 0 Å². The maximum atomic E-state index is 15.1. The molecule has 0 aromatic heterocycles. The zero-order chi connectivity index (χ0) is 26.8. The normalized spacial score (nSPS) is 16.3. The van der Waals surface area contributed by atoms with Gasteiger partial charge in [0.25, 0.3) is 7.37 Å². The van der Waals surface area contributed by atoms with Crippen LogP contribution in [-0.2, 0) is 4.57 Å². The molecule has 0 saturated carbocycles. The largest absolute Gasteiger partial charge is 0.480 e. The Hall–Kier alpha value is -3.97. The molecule has 0 aliphatic carbocycles. The molecule has 0 spiro atoms. The number of benzene rings is 5. The van der Waals surface area contributed by atoms with Crippen LogP contribution in [0.15, 0.2) is 127 Å². The van der Waals surface area contributed by atoms with Crippen LogP contribution in [0.1, 0.15) is 28.0 Å². The van der Waals surface area contributed by atoms with Crippen molar-refractivity contribution in [3.05, 3.63) is 139 Å². The van der Waals surface area contributed by atoms with Gasteiger partial charge >= 0.3 is 0 Å². The van der Waals surface area contributed by atoms with Gasteiger partial charge in [0.05, 0.1) is 20.4 Å². The van der Waals surface area contributed by atoms with E-state index < -0.39 is 13.0 Å². The average molecular weight is 549 g/mol. The van der Waals surface area contributed by atoms with E-state index in [1.807, 2.05) is 127 Å². The van der Waals surface area contributed by atoms with Gasteiger partial charge in [0.1, 0.15) is 11.5 Å². The van der Waals surface area contributed by atoms with Crippen molar-refractivity contribution in [3.8, 4) is 33.8 Å². The van der Waals surface area contributed by atoms with Gasteiger partial charge in [0, 0.05) is 23.1 Å². The number of para-hydroxylation sites is 2. The molecule has 6 rings (SSSR count). The van der Waals surface area contributed by atoms with Crippen LogP contribution in [0.5, 0.6) is 11.5 Å². The third kappa shape index (κ3) is 4.61. The Kier molecular flexibility index (Phi) is 6.92. The summed E-state index contributed by atoms with van der Waals surface area (Å²) in [5, 5.41) is 0.639. The molecule has 0 saturated heterocycles. The highest BCUT2D eigenvalue weighted by molar-refractivity contribution is 7.68. The van der Waals surface area contributed by atoms with Gasteiger partial charge in [-0.05, 0) is 34.9 Å². The maximum absolute atomic E-state index is 15.1. The summed E-state index contributed by atoms with van der Waals surface area (Å²) in [6, 6.07) is 40.0. The number of carbonyl (C=O) groups excluding carboxylic acids is 1. The summed E-state index contributed by atoms with van der Waals surface area (Å²) in [6.07, 6.45) is 0.0126. The Labute approximate surface area is 230 Å². The lowest BCUT2D eigenvalue weighted by atomic mass is 9.93. The second-order valence-electron chi connectivity index (χ2n) is 9.41. The first-order chi connectivity index (χ1) is 19.1. The predicted molar refractivity (Wildman–Crippen MR) is 160 cm³/mol. The highest BCUT2D eigenvalue weighted by atomic mass is 31.2. The van der Waals surface area contributed by atoms with Crippen molar-refractivity contribution in [2.75, 3.05) is 0 Å². The van der Waals surface area contributed by atoms with Crippen LogP contribution in [0.2, 0.25) is 0 Å². The molecule has 0 radical (unpaired) electrons. The molecule has 0 fully saturated rings. The summed E-state index contributed by atoms with van der Waals surface area (Å²) in [4.78, 5) is 14.1. The molecule has 1 aliphatic heterocycles. The van der Waals surface area contributed by atoms with Gasteiger partial charge in [0.15, 0.2) is 5.78 Å². The molecule has 5 aromatic rings. The Morgan fingerprint density at radius 2 is 1.28 bits per heavy atom. The molecule has 0 N–H and O–H groups in total. The van der Waals surface area contributed by atoms with Crippen LogP contribution in [0, 0.1) is 0 Å². The zero-order valence-corrected chi connectivity index (χ0v) is 23.1. The molecule has 192 valence electrons. The number of hydrogen-bond donors (Lipinski definition) is 0. The minimum atomic E-state index is -3.59. The Balaban J connectivity index is 1.47. The molecule has 4 nitrogen and oxygen atoms in total. The molecule has 5 aromatic carbocycles. The summed E-state index contributed by atoms with van der Waals surface area (Å²) < 4.78 is 27.1. The molecule has 0 bridgehead atoms. The number of hydrogen-bond acceptors (Lipinski definition) is 4. The minimum absolute atomic E-state index is 0.0126. The van der Waals surface area contributed by atoms with E-state index in [0.717, 1.165) is 27.8 Å². The summed E-state index contributed by atoms with van der Waals surface area (Å²) in [5.41, 5.74) is 4.02. The third-order valence-corrected chi connectivity index (χ3v) is 10.2. The van der Waals surface area contributed by atoms with Gasteiger partial charge < -0.3 is 9.05 Å². The number of ketones is 1. The van der Waals surface area contributed by atoms with E-state index in [9.17, 15) is 4.79 Å². The van der Waals surface area contributed by atoms with Crippen LogP contribution < -0.4 is 14.4 Å². The standard InChI is InChI=1S/C33H26O4P2/c34-29(25-15-5-4-14-24(25)26-16-6-9-19-30(26)36-38)22-33(23-12-2-1-3-13-23)39(35)32-21-11-8-18-28(32)27-17-7-10-20-31(27)37-39/h1-21,33H,22,38H2. The number of fused-ring (bicyclic) bond motifs is 3. The van der Waals surface area contributed by atoms with Crippen molar-refractivity contribution in [3.63, 3.8) is 0 Å². The van der Waals surface area contributed by atoms with Crippen molar-refractivity contribution in [1.82, 2.24) is 0 Å². The molecule has 1 heterocycles. The molecular weight excluding hydrogens is 522 g/mol. The fraction of sp³-hybridized carbons (Fsp3) is 0.0606. The molecule has 39 heavy (non-hydrogen) atoms. The van der Waals surface area contributed by atoms with E-state index in [0.29, 0.717) is 22.4 Å². The molecule has 6 heteroatoms. The van der Waals surface area contributed by atoms with Gasteiger partial charge in [-0.1, -0.05) is 109 Å². The molecule has 3 unspecified atom stereocenters. The van der Waals surface area contributed by atoms with E-state index in [4.69, 9.17) is 9.05 Å². The third-order valence-electron chi connectivity index (χ3n) is 7.16. The lowest BCUT2D eigenvalue weighted by Crippen LogP contribution is -2.23. The monoisotopic (exact) mass is 548 g/mol. The predicted octanol–water partition coefficient (Wildman–Crippen LogP) is 8.50. The molecular formula is C33H26O4P2. The van der Waals surface area contributed by atoms with Crippen LogP contribution in [0.25, 0.3) is 22.3 Å². The van der Waals surface area contributed by atoms with E-state index >= 15 is 4.57 Å². The zero-order valence-electron chi connectivity index (χ0n) is 21.1. The SMILES string of the molecule is O=C(CC(c1ccccc1)P1(=O)Oc2ccccc2-c2ccccc21)c1ccccc1-c1ccccc1OP. The topological polar surface area (TPSA) is 52.6 Å². The van der Waals surface area contributed by atoms with Crippen LogP contribution in [0.4, 0.5) is 0 Å². The Morgan fingerprint density at radius 1 is 0.692 bits per heavy atom. The van der Waals surface area contributed by atoms with Crippen LogP contribution in [-0.4, -0.2) is 5.78 Å². The molecule has 0 amide bonds. The first-order valence-corrected chi connectivity index (χ1v) is 14.9. The van der Waals surface area contributed by atoms with Gasteiger partial charge in [-0.3, -0.25) is 9.36 Å². The highest BCUT2D eigenvalue weighted by Crippen LogP contribution is 2.64. The van der Waals surface area contributed by atoms with Gasteiger partial charge in [-0.25, -0.2) is 0 Å². The lowest BCUT2D eigenvalue weighted by Gasteiger charge is -2.34. The van der Waals surface area contributed by atoms with Crippen LogP contribution >= 0.6 is 16.8 Å². The van der Waals surface area contributed by atoms with Crippen molar-refractivity contribution < 1.29 is 18.4 Å². The summed E-state index contributed by atoms with van der Waals surface area (Å²) in [5.74, 6) is 1.10. The van der Waals surface area contributed by atoms with E-state index in [-0.39, 0.29) is 12.2 Å². The summed E-state index contributed by atoms with van der Waals surface area (Å²) >= 11 is 0. The Morgan fingerprint density at radius 3 is 2.05 bits per heavy atom.